The predicted octanol–water partition coefficient (Wildman–Crippen LogP) is 0.761. The van der Waals surface area contributed by atoms with Crippen LogP contribution >= 0.6 is 0 Å². The van der Waals surface area contributed by atoms with Gasteiger partial charge in [-0.3, -0.25) is 9.48 Å². The predicted molar refractivity (Wildman–Crippen MR) is 96.5 cm³/mol. The van der Waals surface area contributed by atoms with E-state index >= 15 is 0 Å². The Morgan fingerprint density at radius 1 is 1.36 bits per heavy atom. The minimum absolute atomic E-state index is 0.0411. The van der Waals surface area contributed by atoms with Crippen LogP contribution in [0.3, 0.4) is 0 Å². The van der Waals surface area contributed by atoms with Crippen molar-refractivity contribution in [2.24, 2.45) is 12.8 Å². The Labute approximate surface area is 147 Å². The summed E-state index contributed by atoms with van der Waals surface area (Å²) >= 11 is 0. The number of carbonyl (C=O) groups is 1. The lowest BCUT2D eigenvalue weighted by molar-refractivity contribution is -0.122. The zero-order valence-electron chi connectivity index (χ0n) is 14.9. The summed E-state index contributed by atoms with van der Waals surface area (Å²) in [5, 5.41) is 7.39. The van der Waals surface area contributed by atoms with Crippen molar-refractivity contribution in [1.82, 2.24) is 25.9 Å². The SMILES string of the molecule is Cc1nn(C)c(C)c1C1CC(C(=O)NCC(N)c2ccccc2)NN1. The largest absolute Gasteiger partial charge is 0.353 e. The number of hydrogen-bond donors (Lipinski definition) is 4. The molecule has 1 fully saturated rings. The summed E-state index contributed by atoms with van der Waals surface area (Å²) in [6.07, 6.45) is 0.680. The van der Waals surface area contributed by atoms with Crippen LogP contribution in [0, 0.1) is 13.8 Å². The van der Waals surface area contributed by atoms with Crippen LogP contribution in [-0.4, -0.2) is 28.3 Å². The molecule has 1 aromatic heterocycles. The number of aromatic nitrogens is 2. The van der Waals surface area contributed by atoms with Gasteiger partial charge in [0.2, 0.25) is 5.91 Å². The minimum atomic E-state index is -0.285. The van der Waals surface area contributed by atoms with E-state index in [4.69, 9.17) is 5.73 Å². The van der Waals surface area contributed by atoms with Crippen LogP contribution in [0.5, 0.6) is 0 Å². The Morgan fingerprint density at radius 2 is 2.08 bits per heavy atom. The van der Waals surface area contributed by atoms with Crippen LogP contribution in [0.25, 0.3) is 0 Å². The second kappa shape index (κ2) is 7.35. The van der Waals surface area contributed by atoms with E-state index in [0.717, 1.165) is 22.5 Å². The number of nitrogens with two attached hydrogens (primary N) is 1. The number of carbonyl (C=O) groups excluding carboxylic acids is 1. The summed E-state index contributed by atoms with van der Waals surface area (Å²) in [4.78, 5) is 12.4. The monoisotopic (exact) mass is 342 g/mol. The highest BCUT2D eigenvalue weighted by Gasteiger charge is 2.33. The van der Waals surface area contributed by atoms with E-state index in [2.05, 4.69) is 21.3 Å². The number of nitrogens with one attached hydrogen (secondary N) is 3. The molecule has 1 saturated heterocycles. The number of hydrogen-bond acceptors (Lipinski definition) is 5. The standard InChI is InChI=1S/C18H26N6O/c1-11-17(12(2)24(3)23-11)15-9-16(22-21-15)18(25)20-10-14(19)13-7-5-4-6-8-13/h4-8,14-16,21-22H,9-10,19H2,1-3H3,(H,20,25). The Balaban J connectivity index is 1.56. The Morgan fingerprint density at radius 3 is 2.72 bits per heavy atom. The van der Waals surface area contributed by atoms with Crippen molar-refractivity contribution < 1.29 is 4.79 Å². The molecule has 25 heavy (non-hydrogen) atoms. The minimum Gasteiger partial charge on any atom is -0.353 e. The highest BCUT2D eigenvalue weighted by atomic mass is 16.2. The molecule has 1 aliphatic heterocycles. The molecule has 2 aromatic rings. The van der Waals surface area contributed by atoms with Crippen molar-refractivity contribution in [2.75, 3.05) is 6.54 Å². The number of benzene rings is 1. The van der Waals surface area contributed by atoms with Crippen molar-refractivity contribution in [2.45, 2.75) is 38.4 Å². The van der Waals surface area contributed by atoms with Crippen LogP contribution in [0.15, 0.2) is 30.3 Å². The van der Waals surface area contributed by atoms with Gasteiger partial charge >= 0.3 is 0 Å². The molecular weight excluding hydrogens is 316 g/mol. The van der Waals surface area contributed by atoms with E-state index in [1.165, 1.54) is 0 Å². The molecule has 0 spiro atoms. The zero-order valence-corrected chi connectivity index (χ0v) is 14.9. The van der Waals surface area contributed by atoms with Crippen molar-refractivity contribution in [3.63, 3.8) is 0 Å². The van der Waals surface area contributed by atoms with E-state index < -0.39 is 0 Å². The summed E-state index contributed by atoms with van der Waals surface area (Å²) in [6.45, 7) is 4.45. The molecule has 2 heterocycles. The summed E-state index contributed by atoms with van der Waals surface area (Å²) < 4.78 is 1.87. The van der Waals surface area contributed by atoms with Gasteiger partial charge in [0.25, 0.3) is 0 Å². The van der Waals surface area contributed by atoms with Crippen molar-refractivity contribution >= 4 is 5.91 Å². The molecule has 1 amide bonds. The molecule has 7 nitrogen and oxygen atoms in total. The fraction of sp³-hybridized carbons (Fsp3) is 0.444. The van der Waals surface area contributed by atoms with E-state index in [1.807, 2.05) is 55.9 Å². The third-order valence-electron chi connectivity index (χ3n) is 4.86. The van der Waals surface area contributed by atoms with Gasteiger partial charge in [0, 0.05) is 30.9 Å². The van der Waals surface area contributed by atoms with Crippen molar-refractivity contribution in [1.29, 1.82) is 0 Å². The second-order valence-corrected chi connectivity index (χ2v) is 6.60. The Kier molecular flexibility index (Phi) is 5.17. The van der Waals surface area contributed by atoms with Gasteiger partial charge in [0.05, 0.1) is 11.7 Å². The average molecular weight is 342 g/mol. The third-order valence-corrected chi connectivity index (χ3v) is 4.86. The van der Waals surface area contributed by atoms with E-state index in [9.17, 15) is 4.79 Å². The maximum absolute atomic E-state index is 12.4. The van der Waals surface area contributed by atoms with Gasteiger partial charge in [-0.1, -0.05) is 30.3 Å². The maximum atomic E-state index is 12.4. The number of aryl methyl sites for hydroxylation is 2. The van der Waals surface area contributed by atoms with Crippen LogP contribution in [0.1, 0.15) is 41.0 Å². The van der Waals surface area contributed by atoms with E-state index in [1.54, 1.807) is 0 Å². The van der Waals surface area contributed by atoms with Crippen LogP contribution in [-0.2, 0) is 11.8 Å². The van der Waals surface area contributed by atoms with Gasteiger partial charge in [-0.15, -0.1) is 0 Å². The molecule has 0 bridgehead atoms. The van der Waals surface area contributed by atoms with E-state index in [0.29, 0.717) is 13.0 Å². The third kappa shape index (κ3) is 3.73. The number of amides is 1. The molecule has 134 valence electrons. The molecular formula is C18H26N6O. The fourth-order valence-electron chi connectivity index (χ4n) is 3.36. The second-order valence-electron chi connectivity index (χ2n) is 6.60. The first-order valence-electron chi connectivity index (χ1n) is 8.56. The van der Waals surface area contributed by atoms with Crippen molar-refractivity contribution in [3.8, 4) is 0 Å². The molecule has 5 N–H and O–H groups in total. The fourth-order valence-corrected chi connectivity index (χ4v) is 3.36. The molecule has 7 heteroatoms. The summed E-state index contributed by atoms with van der Waals surface area (Å²) in [5.74, 6) is -0.0411. The number of hydrazine groups is 1. The number of rotatable bonds is 5. The molecule has 1 aliphatic rings. The van der Waals surface area contributed by atoms with Gasteiger partial charge in [0.15, 0.2) is 0 Å². The molecule has 0 radical (unpaired) electrons. The highest BCUT2D eigenvalue weighted by molar-refractivity contribution is 5.82. The smallest absolute Gasteiger partial charge is 0.238 e. The average Bonchev–Trinajstić information content (AvgIpc) is 3.18. The van der Waals surface area contributed by atoms with Crippen molar-refractivity contribution in [3.05, 3.63) is 52.8 Å². The summed E-state index contributed by atoms with van der Waals surface area (Å²) in [6, 6.07) is 9.36. The Bertz CT molecular complexity index is 742. The van der Waals surface area contributed by atoms with E-state index in [-0.39, 0.29) is 24.0 Å². The highest BCUT2D eigenvalue weighted by Crippen LogP contribution is 2.27. The maximum Gasteiger partial charge on any atom is 0.238 e. The quantitative estimate of drug-likeness (QED) is 0.643. The zero-order chi connectivity index (χ0) is 18.0. The van der Waals surface area contributed by atoms with Gasteiger partial charge in [-0.05, 0) is 25.8 Å². The summed E-state index contributed by atoms with van der Waals surface area (Å²) in [5.41, 5.74) is 16.7. The van der Waals surface area contributed by atoms with Gasteiger partial charge in [0.1, 0.15) is 6.04 Å². The lowest BCUT2D eigenvalue weighted by Gasteiger charge is -2.15. The number of nitrogens with zero attached hydrogens (tertiary/aromatic N) is 2. The van der Waals surface area contributed by atoms with Gasteiger partial charge in [-0.25, -0.2) is 10.9 Å². The molecule has 3 atom stereocenters. The molecule has 3 unspecified atom stereocenters. The molecule has 1 aromatic carbocycles. The van der Waals surface area contributed by atoms with Crippen LogP contribution in [0.4, 0.5) is 0 Å². The van der Waals surface area contributed by atoms with Crippen LogP contribution < -0.4 is 21.9 Å². The first-order chi connectivity index (χ1) is 12.0. The Hall–Kier alpha value is -2.22. The molecule has 3 rings (SSSR count). The van der Waals surface area contributed by atoms with Crippen LogP contribution in [0.2, 0.25) is 0 Å². The van der Waals surface area contributed by atoms with Gasteiger partial charge < -0.3 is 11.1 Å². The first kappa shape index (κ1) is 17.6. The van der Waals surface area contributed by atoms with Gasteiger partial charge in [-0.2, -0.15) is 5.10 Å². The summed E-state index contributed by atoms with van der Waals surface area (Å²) in [7, 11) is 1.93. The molecule has 0 aliphatic carbocycles. The lowest BCUT2D eigenvalue weighted by atomic mass is 10.00. The molecule has 0 saturated carbocycles. The normalized spacial score (nSPS) is 21.3. The first-order valence-corrected chi connectivity index (χ1v) is 8.56. The topological polar surface area (TPSA) is 97.0 Å². The lowest BCUT2D eigenvalue weighted by Crippen LogP contribution is -2.45.